The Hall–Kier alpha value is -2.55. The number of carbonyl (C=O) groups is 3. The van der Waals surface area contributed by atoms with Gasteiger partial charge in [-0.1, -0.05) is 15.9 Å². The fraction of sp³-hybridized carbons (Fsp3) is 0.476. The van der Waals surface area contributed by atoms with E-state index in [9.17, 15) is 19.5 Å². The number of fused-ring (bicyclic) bond motifs is 2. The third-order valence-electron chi connectivity index (χ3n) is 5.51. The lowest BCUT2D eigenvalue weighted by Gasteiger charge is -2.37. The molecule has 2 fully saturated rings. The number of carbonyl (C=O) groups excluding carboxylic acids is 2. The number of amides is 1. The molecule has 3 atom stereocenters. The Morgan fingerprint density at radius 2 is 2.03 bits per heavy atom. The van der Waals surface area contributed by atoms with E-state index in [0.29, 0.717) is 11.0 Å². The summed E-state index contributed by atoms with van der Waals surface area (Å²) in [6.45, 7) is 5.17. The minimum absolute atomic E-state index is 0.0708. The number of ketones is 1. The zero-order chi connectivity index (χ0) is 21.8. The maximum atomic E-state index is 13.0. The number of halogens is 1. The number of aliphatic carboxylic acids is 1. The van der Waals surface area contributed by atoms with Crippen molar-refractivity contribution in [1.29, 1.82) is 0 Å². The number of rotatable bonds is 4. The molecule has 0 unspecified atom stereocenters. The summed E-state index contributed by atoms with van der Waals surface area (Å²) in [6, 6.07) is 5.10. The maximum Gasteiger partial charge on any atom is 0.411 e. The van der Waals surface area contributed by atoms with Crippen molar-refractivity contribution in [1.82, 2.24) is 14.9 Å². The highest BCUT2D eigenvalue weighted by atomic mass is 79.9. The van der Waals surface area contributed by atoms with Crippen LogP contribution in [0.4, 0.5) is 4.79 Å². The largest absolute Gasteiger partial charge is 0.479 e. The fourth-order valence-electron chi connectivity index (χ4n) is 4.14. The normalized spacial score (nSPS) is 25.1. The Labute approximate surface area is 181 Å². The minimum atomic E-state index is -1.64. The predicted octanol–water partition coefficient (Wildman–Crippen LogP) is 3.82. The van der Waals surface area contributed by atoms with Gasteiger partial charge in [0.05, 0.1) is 17.2 Å². The van der Waals surface area contributed by atoms with Crippen LogP contribution in [0, 0.1) is 5.92 Å². The van der Waals surface area contributed by atoms with Gasteiger partial charge in [0.1, 0.15) is 11.3 Å². The van der Waals surface area contributed by atoms with Gasteiger partial charge in [0.15, 0.2) is 11.3 Å². The third kappa shape index (κ3) is 3.66. The van der Waals surface area contributed by atoms with Crippen molar-refractivity contribution in [2.75, 3.05) is 0 Å². The first-order chi connectivity index (χ1) is 14.0. The average Bonchev–Trinajstić information content (AvgIpc) is 3.29. The molecule has 0 spiro atoms. The molecule has 4 rings (SSSR count). The van der Waals surface area contributed by atoms with Crippen LogP contribution in [0.25, 0.3) is 11.0 Å². The molecule has 1 aliphatic carbocycles. The van der Waals surface area contributed by atoms with E-state index >= 15 is 0 Å². The van der Waals surface area contributed by atoms with E-state index in [-0.39, 0.29) is 30.5 Å². The quantitative estimate of drug-likeness (QED) is 0.669. The molecule has 0 radical (unpaired) electrons. The van der Waals surface area contributed by atoms with Crippen molar-refractivity contribution in [2.45, 2.75) is 57.2 Å². The van der Waals surface area contributed by atoms with Crippen molar-refractivity contribution < 1.29 is 24.2 Å². The van der Waals surface area contributed by atoms with Gasteiger partial charge in [-0.05, 0) is 57.7 Å². The monoisotopic (exact) mass is 475 g/mol. The number of piperidine rings is 1. The number of carboxylic acids is 1. The second-order valence-electron chi connectivity index (χ2n) is 8.94. The van der Waals surface area contributed by atoms with Crippen molar-refractivity contribution in [2.24, 2.45) is 5.92 Å². The Morgan fingerprint density at radius 3 is 2.70 bits per heavy atom. The maximum absolute atomic E-state index is 13.0. The van der Waals surface area contributed by atoms with Crippen molar-refractivity contribution in [3.05, 3.63) is 34.6 Å². The van der Waals surface area contributed by atoms with E-state index in [0.717, 1.165) is 10.9 Å². The number of aromatic nitrogens is 2. The highest BCUT2D eigenvalue weighted by molar-refractivity contribution is 9.10. The number of carboxylic acid groups (broad SMARTS) is 1. The number of nitrogens with zero attached hydrogens (tertiary/aromatic N) is 3. The number of likely N-dealkylation sites (tertiary alicyclic amines) is 1. The molecular weight excluding hydrogens is 454 g/mol. The molecule has 2 aliphatic rings. The summed E-state index contributed by atoms with van der Waals surface area (Å²) in [5, 5.41) is 10.1. The SMILES string of the molecule is CC(C)(C)OC(=O)N1[C@H]2C[C@H]2C[C@@]1(CC(=O)c1cnc2cc(Br)ccc2n1)C(=O)O. The molecule has 158 valence electrons. The van der Waals surface area contributed by atoms with E-state index < -0.39 is 29.0 Å². The summed E-state index contributed by atoms with van der Waals surface area (Å²) >= 11 is 3.36. The van der Waals surface area contributed by atoms with Gasteiger partial charge in [0.25, 0.3) is 0 Å². The molecule has 2 aromatic rings. The van der Waals surface area contributed by atoms with Crippen LogP contribution >= 0.6 is 15.9 Å². The second-order valence-corrected chi connectivity index (χ2v) is 9.86. The van der Waals surface area contributed by atoms with Crippen molar-refractivity contribution in [3.63, 3.8) is 0 Å². The summed E-state index contributed by atoms with van der Waals surface area (Å²) in [7, 11) is 0. The number of benzene rings is 1. The molecule has 1 aromatic heterocycles. The first kappa shape index (κ1) is 20.7. The lowest BCUT2D eigenvalue weighted by atomic mass is 9.87. The molecule has 1 aromatic carbocycles. The van der Waals surface area contributed by atoms with Gasteiger partial charge in [-0.15, -0.1) is 0 Å². The van der Waals surface area contributed by atoms with Gasteiger partial charge < -0.3 is 9.84 Å². The third-order valence-corrected chi connectivity index (χ3v) is 6.00. The molecule has 1 amide bonds. The van der Waals surface area contributed by atoms with Crippen LogP contribution in [0.15, 0.2) is 28.9 Å². The Balaban J connectivity index is 1.64. The average molecular weight is 476 g/mol. The molecule has 1 saturated carbocycles. The van der Waals surface area contributed by atoms with Gasteiger partial charge in [0.2, 0.25) is 0 Å². The summed E-state index contributed by atoms with van der Waals surface area (Å²) in [5.74, 6) is -1.60. The highest BCUT2D eigenvalue weighted by Gasteiger charge is 2.66. The lowest BCUT2D eigenvalue weighted by Crippen LogP contribution is -2.57. The minimum Gasteiger partial charge on any atom is -0.479 e. The number of hydrogen-bond donors (Lipinski definition) is 1. The van der Waals surface area contributed by atoms with E-state index in [1.54, 1.807) is 39.0 Å². The van der Waals surface area contributed by atoms with Crippen molar-refractivity contribution >= 4 is 44.8 Å². The lowest BCUT2D eigenvalue weighted by molar-refractivity contribution is -0.150. The molecule has 1 aliphatic heterocycles. The Morgan fingerprint density at radius 1 is 1.30 bits per heavy atom. The number of Topliss-reactive ketones (excluding diaryl/α,β-unsaturated/α-hetero) is 1. The fourth-order valence-corrected chi connectivity index (χ4v) is 4.48. The molecule has 8 nitrogen and oxygen atoms in total. The summed E-state index contributed by atoms with van der Waals surface area (Å²) in [5.41, 5.74) is -1.17. The van der Waals surface area contributed by atoms with Crippen molar-refractivity contribution in [3.8, 4) is 0 Å². The zero-order valence-electron chi connectivity index (χ0n) is 16.9. The van der Waals surface area contributed by atoms with Crippen LogP contribution < -0.4 is 0 Å². The molecule has 1 saturated heterocycles. The van der Waals surface area contributed by atoms with Gasteiger partial charge >= 0.3 is 12.1 Å². The van der Waals surface area contributed by atoms with Gasteiger partial charge in [-0.3, -0.25) is 14.7 Å². The second kappa shape index (κ2) is 7.01. The van der Waals surface area contributed by atoms with Crippen LogP contribution in [0.2, 0.25) is 0 Å². The number of ether oxygens (including phenoxy) is 1. The molecule has 0 bridgehead atoms. The zero-order valence-corrected chi connectivity index (χ0v) is 18.5. The highest BCUT2D eigenvalue weighted by Crippen LogP contribution is 2.54. The van der Waals surface area contributed by atoms with Gasteiger partial charge in [0, 0.05) is 16.9 Å². The molecule has 2 heterocycles. The van der Waals surface area contributed by atoms with E-state index in [1.807, 2.05) is 0 Å². The standard InChI is InChI=1S/C21H22BrN3O5/c1-20(2,3)30-19(29)25-16-6-11(16)8-21(25,18(27)28)9-17(26)15-10-23-14-7-12(22)4-5-13(14)24-15/h4-5,7,10-11,16H,6,8-9H2,1-3H3,(H,27,28)/t11-,16-,21+/m0/s1. The van der Waals surface area contributed by atoms with Gasteiger partial charge in [-0.2, -0.15) is 0 Å². The first-order valence-electron chi connectivity index (χ1n) is 9.71. The topological polar surface area (TPSA) is 110 Å². The predicted molar refractivity (Wildman–Crippen MR) is 111 cm³/mol. The molecular formula is C21H22BrN3O5. The van der Waals surface area contributed by atoms with E-state index in [1.165, 1.54) is 11.1 Å². The van der Waals surface area contributed by atoms with Crippen LogP contribution in [-0.4, -0.2) is 55.0 Å². The Kier molecular flexibility index (Phi) is 4.84. The van der Waals surface area contributed by atoms with Crippen LogP contribution in [-0.2, 0) is 9.53 Å². The Bertz CT molecular complexity index is 1070. The van der Waals surface area contributed by atoms with Gasteiger partial charge in [-0.25, -0.2) is 14.6 Å². The summed E-state index contributed by atoms with van der Waals surface area (Å²) in [4.78, 5) is 48.1. The van der Waals surface area contributed by atoms with E-state index in [2.05, 4.69) is 25.9 Å². The van der Waals surface area contributed by atoms with E-state index in [4.69, 9.17) is 4.74 Å². The van der Waals surface area contributed by atoms with Crippen LogP contribution in [0.5, 0.6) is 0 Å². The molecule has 1 N–H and O–H groups in total. The molecule has 9 heteroatoms. The smallest absolute Gasteiger partial charge is 0.411 e. The number of hydrogen-bond acceptors (Lipinski definition) is 6. The summed E-state index contributed by atoms with van der Waals surface area (Å²) < 4.78 is 6.30. The van der Waals surface area contributed by atoms with Crippen LogP contribution in [0.3, 0.4) is 0 Å². The summed E-state index contributed by atoms with van der Waals surface area (Å²) in [6.07, 6.45) is 1.24. The first-order valence-corrected chi connectivity index (χ1v) is 10.5. The molecule has 30 heavy (non-hydrogen) atoms. The van der Waals surface area contributed by atoms with Crippen LogP contribution in [0.1, 0.15) is 50.5 Å².